The number of rotatable bonds is 4. The van der Waals surface area contributed by atoms with Gasteiger partial charge >= 0.3 is 0 Å². The first-order valence-corrected chi connectivity index (χ1v) is 12.1. The topological polar surface area (TPSA) is 67.2 Å². The predicted octanol–water partition coefficient (Wildman–Crippen LogP) is 7.64. The van der Waals surface area contributed by atoms with Crippen molar-refractivity contribution < 1.29 is 9.21 Å². The van der Waals surface area contributed by atoms with Crippen molar-refractivity contribution in [1.82, 2.24) is 10.3 Å². The van der Waals surface area contributed by atoms with Gasteiger partial charge in [0.1, 0.15) is 5.52 Å². The maximum Gasteiger partial charge on any atom is 0.258 e. The molecule has 0 saturated carbocycles. The molecule has 5 rings (SSSR count). The van der Waals surface area contributed by atoms with Crippen LogP contribution >= 0.6 is 35.4 Å². The van der Waals surface area contributed by atoms with Gasteiger partial charge in [0.05, 0.1) is 10.7 Å². The number of anilines is 1. The first-order chi connectivity index (χ1) is 16.9. The molecule has 0 saturated heterocycles. The van der Waals surface area contributed by atoms with E-state index in [1.165, 1.54) is 5.56 Å². The maximum absolute atomic E-state index is 13.0. The van der Waals surface area contributed by atoms with Crippen molar-refractivity contribution in [2.45, 2.75) is 13.3 Å². The quantitative estimate of drug-likeness (QED) is 0.238. The number of aryl methyl sites for hydroxylation is 1. The number of oxazole rings is 1. The van der Waals surface area contributed by atoms with Gasteiger partial charge in [0.2, 0.25) is 5.89 Å². The van der Waals surface area contributed by atoms with Crippen LogP contribution in [0.15, 0.2) is 77.2 Å². The van der Waals surface area contributed by atoms with Gasteiger partial charge in [0, 0.05) is 21.5 Å². The largest absolute Gasteiger partial charge is 0.436 e. The van der Waals surface area contributed by atoms with Crippen molar-refractivity contribution in [2.24, 2.45) is 0 Å². The minimum Gasteiger partial charge on any atom is -0.436 e. The van der Waals surface area contributed by atoms with Crippen molar-refractivity contribution in [3.63, 3.8) is 0 Å². The fourth-order valence-corrected chi connectivity index (χ4v) is 4.47. The summed E-state index contributed by atoms with van der Waals surface area (Å²) in [6, 6.07) is 22.1. The highest BCUT2D eigenvalue weighted by atomic mass is 35.5. The monoisotopic (exact) mass is 519 g/mol. The van der Waals surface area contributed by atoms with Gasteiger partial charge in [-0.2, -0.15) is 0 Å². The van der Waals surface area contributed by atoms with Crippen molar-refractivity contribution >= 4 is 74.0 Å². The first kappa shape index (κ1) is 23.3. The number of halogens is 2. The standard InChI is InChI=1S/C27H19Cl2N3O2S/c1-2-15-9-12-24-23(13-15)30-26(34-24)16-10-11-21(29)22(14-16)31-27(35)32-25(33)19-7-3-6-18-17(19)5-4-8-20(18)28/h3-14H,2H2,1H3,(H2,31,32,33,35). The van der Waals surface area contributed by atoms with Crippen LogP contribution in [0.2, 0.25) is 10.0 Å². The fraction of sp³-hybridized carbons (Fsp3) is 0.0741. The van der Waals surface area contributed by atoms with Crippen molar-refractivity contribution in [2.75, 3.05) is 5.32 Å². The van der Waals surface area contributed by atoms with Crippen LogP contribution in [0.5, 0.6) is 0 Å². The Hall–Kier alpha value is -3.45. The van der Waals surface area contributed by atoms with Gasteiger partial charge in [-0.1, -0.05) is 60.5 Å². The molecule has 0 radical (unpaired) electrons. The van der Waals surface area contributed by atoms with Gasteiger partial charge in [0.25, 0.3) is 5.91 Å². The lowest BCUT2D eigenvalue weighted by molar-refractivity contribution is 0.0979. The molecular weight excluding hydrogens is 501 g/mol. The molecule has 0 aliphatic rings. The molecule has 0 atom stereocenters. The van der Waals surface area contributed by atoms with Crippen LogP contribution in [0, 0.1) is 0 Å². The van der Waals surface area contributed by atoms with E-state index >= 15 is 0 Å². The van der Waals surface area contributed by atoms with E-state index in [-0.39, 0.29) is 11.0 Å². The molecule has 0 fully saturated rings. The summed E-state index contributed by atoms with van der Waals surface area (Å²) in [5.41, 5.74) is 4.40. The van der Waals surface area contributed by atoms with Crippen LogP contribution in [0.3, 0.4) is 0 Å². The van der Waals surface area contributed by atoms with E-state index in [2.05, 4.69) is 22.5 Å². The third-order valence-corrected chi connectivity index (χ3v) is 6.53. The highest BCUT2D eigenvalue weighted by Crippen LogP contribution is 2.31. The zero-order valence-electron chi connectivity index (χ0n) is 18.6. The van der Waals surface area contributed by atoms with Crippen LogP contribution in [0.4, 0.5) is 5.69 Å². The van der Waals surface area contributed by atoms with Gasteiger partial charge in [0.15, 0.2) is 10.7 Å². The molecule has 0 spiro atoms. The van der Waals surface area contributed by atoms with Gasteiger partial charge in [-0.25, -0.2) is 4.98 Å². The summed E-state index contributed by atoms with van der Waals surface area (Å²) in [7, 11) is 0. The second kappa shape index (κ2) is 9.66. The Labute approximate surface area is 217 Å². The lowest BCUT2D eigenvalue weighted by Gasteiger charge is -2.13. The average molecular weight is 520 g/mol. The molecule has 2 N–H and O–H groups in total. The Morgan fingerprint density at radius 2 is 1.77 bits per heavy atom. The number of benzene rings is 4. The molecule has 1 amide bonds. The number of carbonyl (C=O) groups is 1. The molecule has 0 aliphatic heterocycles. The Morgan fingerprint density at radius 3 is 2.60 bits per heavy atom. The molecule has 4 aromatic carbocycles. The second-order valence-electron chi connectivity index (χ2n) is 7.92. The predicted molar refractivity (Wildman–Crippen MR) is 146 cm³/mol. The Bertz CT molecular complexity index is 1610. The van der Waals surface area contributed by atoms with Crippen LogP contribution in [0.25, 0.3) is 33.3 Å². The van der Waals surface area contributed by atoms with Crippen molar-refractivity contribution in [3.05, 3.63) is 94.0 Å². The zero-order valence-corrected chi connectivity index (χ0v) is 20.9. The van der Waals surface area contributed by atoms with E-state index in [4.69, 9.17) is 39.8 Å². The summed E-state index contributed by atoms with van der Waals surface area (Å²) in [5.74, 6) is 0.115. The molecule has 0 unspecified atom stereocenters. The fourth-order valence-electron chi connectivity index (χ4n) is 3.86. The van der Waals surface area contributed by atoms with Crippen LogP contribution in [0.1, 0.15) is 22.8 Å². The molecule has 5 nitrogen and oxygen atoms in total. The molecule has 174 valence electrons. The minimum absolute atomic E-state index is 0.109. The summed E-state index contributed by atoms with van der Waals surface area (Å²) in [5, 5.41) is 8.37. The molecule has 0 aliphatic carbocycles. The first-order valence-electron chi connectivity index (χ1n) is 10.9. The number of hydrogen-bond donors (Lipinski definition) is 2. The number of aromatic nitrogens is 1. The smallest absolute Gasteiger partial charge is 0.258 e. The molecule has 5 aromatic rings. The number of thiocarbonyl (C=S) groups is 1. The molecule has 0 bridgehead atoms. The number of nitrogens with zero attached hydrogens (tertiary/aromatic N) is 1. The average Bonchev–Trinajstić information content (AvgIpc) is 3.28. The number of hydrogen-bond acceptors (Lipinski definition) is 4. The van der Waals surface area contributed by atoms with Crippen LogP contribution in [-0.4, -0.2) is 16.0 Å². The summed E-state index contributed by atoms with van der Waals surface area (Å²) < 4.78 is 5.93. The highest BCUT2D eigenvalue weighted by Gasteiger charge is 2.15. The molecule has 8 heteroatoms. The van der Waals surface area contributed by atoms with E-state index < -0.39 is 0 Å². The Morgan fingerprint density at radius 1 is 0.971 bits per heavy atom. The van der Waals surface area contributed by atoms with E-state index in [9.17, 15) is 4.79 Å². The van der Waals surface area contributed by atoms with Crippen LogP contribution < -0.4 is 10.6 Å². The van der Waals surface area contributed by atoms with Gasteiger partial charge in [-0.15, -0.1) is 0 Å². The molecule has 1 aromatic heterocycles. The van der Waals surface area contributed by atoms with E-state index in [0.29, 0.717) is 32.8 Å². The third-order valence-electron chi connectivity index (χ3n) is 5.66. The van der Waals surface area contributed by atoms with Gasteiger partial charge in [-0.05, 0) is 72.1 Å². The normalized spacial score (nSPS) is 11.1. The summed E-state index contributed by atoms with van der Waals surface area (Å²) in [6.45, 7) is 2.09. The van der Waals surface area contributed by atoms with Crippen LogP contribution in [-0.2, 0) is 6.42 Å². The van der Waals surface area contributed by atoms with E-state index in [1.54, 1.807) is 36.4 Å². The summed E-state index contributed by atoms with van der Waals surface area (Å²) in [6.07, 6.45) is 0.919. The zero-order chi connectivity index (χ0) is 24.5. The number of amides is 1. The van der Waals surface area contributed by atoms with E-state index in [1.807, 2.05) is 36.4 Å². The Kier molecular flexibility index (Phi) is 6.43. The van der Waals surface area contributed by atoms with E-state index in [0.717, 1.165) is 28.3 Å². The molecule has 35 heavy (non-hydrogen) atoms. The number of carbonyl (C=O) groups excluding carboxylic acids is 1. The SMILES string of the molecule is CCc1ccc2oc(-c3ccc(Cl)c(NC(=S)NC(=O)c4cccc5c(Cl)cccc45)c3)nc2c1. The minimum atomic E-state index is -0.353. The highest BCUT2D eigenvalue weighted by molar-refractivity contribution is 7.80. The number of fused-ring (bicyclic) bond motifs is 2. The number of nitrogens with one attached hydrogen (secondary N) is 2. The molecule has 1 heterocycles. The maximum atomic E-state index is 13.0. The lowest BCUT2D eigenvalue weighted by atomic mass is 10.0. The molecular formula is C27H19Cl2N3O2S. The van der Waals surface area contributed by atoms with Crippen molar-refractivity contribution in [1.29, 1.82) is 0 Å². The van der Waals surface area contributed by atoms with Gasteiger partial charge < -0.3 is 9.73 Å². The van der Waals surface area contributed by atoms with Gasteiger partial charge in [-0.3, -0.25) is 10.1 Å². The van der Waals surface area contributed by atoms with Crippen molar-refractivity contribution in [3.8, 4) is 11.5 Å². The second-order valence-corrected chi connectivity index (χ2v) is 9.14. The summed E-state index contributed by atoms with van der Waals surface area (Å²) in [4.78, 5) is 17.6. The summed E-state index contributed by atoms with van der Waals surface area (Å²) >= 11 is 18.1. The Balaban J connectivity index is 1.37. The lowest BCUT2D eigenvalue weighted by Crippen LogP contribution is -2.34. The third kappa shape index (κ3) is 4.73.